The van der Waals surface area contributed by atoms with Crippen LogP contribution in [-0.2, 0) is 9.59 Å². The van der Waals surface area contributed by atoms with Gasteiger partial charge in [0, 0.05) is 22.2 Å². The normalized spacial score (nSPS) is 11.9. The lowest BCUT2D eigenvalue weighted by molar-refractivity contribution is -0.116. The number of carbonyl (C=O) groups is 3. The van der Waals surface area contributed by atoms with Crippen LogP contribution in [0.25, 0.3) is 6.08 Å². The first-order valence-electron chi connectivity index (χ1n) is 12.8. The Hall–Kier alpha value is -5.00. The van der Waals surface area contributed by atoms with E-state index in [2.05, 4.69) is 26.1 Å². The molecular weight excluding hydrogens is 571 g/mol. The summed E-state index contributed by atoms with van der Waals surface area (Å²) in [7, 11) is 0. The fraction of sp³-hybridized carbons (Fsp3) is 0.0645. The van der Waals surface area contributed by atoms with Gasteiger partial charge in [-0.3, -0.25) is 19.7 Å². The van der Waals surface area contributed by atoms with E-state index in [4.69, 9.17) is 4.42 Å². The first-order valence-corrected chi connectivity index (χ1v) is 14.5. The van der Waals surface area contributed by atoms with Crippen LogP contribution in [-0.4, -0.2) is 27.9 Å². The molecule has 5 rings (SSSR count). The second kappa shape index (κ2) is 13.6. The first-order chi connectivity index (χ1) is 20.4. The van der Waals surface area contributed by atoms with Crippen LogP contribution in [0.3, 0.4) is 0 Å². The largest absolute Gasteiger partial charge is 0.465 e. The molecule has 3 aromatic carbocycles. The summed E-state index contributed by atoms with van der Waals surface area (Å²) in [5, 5.41) is 17.0. The van der Waals surface area contributed by atoms with Gasteiger partial charge in [0.1, 0.15) is 21.7 Å². The molecule has 9 nitrogen and oxygen atoms in total. The zero-order valence-corrected chi connectivity index (χ0v) is 23.9. The average Bonchev–Trinajstić information content (AvgIpc) is 3.68. The number of hydrogen-bond donors (Lipinski definition) is 3. The SMILES string of the molecule is Cc1nnc(NC(=O)C(Sc2ccc(NC(=O)/C(=C/c3ccco3)NC(=O)c3ccccc3)cc2)c2ccccc2)s1. The molecule has 0 fully saturated rings. The Labute approximate surface area is 250 Å². The number of hydrogen-bond acceptors (Lipinski definition) is 8. The van der Waals surface area contributed by atoms with Gasteiger partial charge >= 0.3 is 0 Å². The van der Waals surface area contributed by atoms with Crippen molar-refractivity contribution < 1.29 is 18.8 Å². The van der Waals surface area contributed by atoms with E-state index in [-0.39, 0.29) is 11.6 Å². The monoisotopic (exact) mass is 595 g/mol. The minimum absolute atomic E-state index is 0.0185. The van der Waals surface area contributed by atoms with Crippen molar-refractivity contribution in [2.75, 3.05) is 10.6 Å². The van der Waals surface area contributed by atoms with Crippen molar-refractivity contribution in [1.29, 1.82) is 0 Å². The van der Waals surface area contributed by atoms with E-state index in [1.54, 1.807) is 54.6 Å². The lowest BCUT2D eigenvalue weighted by atomic mass is 10.1. The summed E-state index contributed by atoms with van der Waals surface area (Å²) in [6.07, 6.45) is 2.94. The van der Waals surface area contributed by atoms with Crippen LogP contribution in [0, 0.1) is 6.92 Å². The Morgan fingerprint density at radius 2 is 1.57 bits per heavy atom. The number of nitrogens with zero attached hydrogens (tertiary/aromatic N) is 2. The fourth-order valence-electron chi connectivity index (χ4n) is 3.83. The van der Waals surface area contributed by atoms with E-state index in [0.29, 0.717) is 22.1 Å². The van der Waals surface area contributed by atoms with E-state index in [9.17, 15) is 14.4 Å². The Morgan fingerprint density at radius 1 is 0.857 bits per heavy atom. The molecule has 0 aliphatic heterocycles. The number of amides is 3. The highest BCUT2D eigenvalue weighted by molar-refractivity contribution is 8.00. The highest BCUT2D eigenvalue weighted by Gasteiger charge is 2.23. The molecule has 1 unspecified atom stereocenters. The second-order valence-corrected chi connectivity index (χ2v) is 11.3. The molecule has 5 aromatic rings. The number of aryl methyl sites for hydroxylation is 1. The Kier molecular flexibility index (Phi) is 9.22. The summed E-state index contributed by atoms with van der Waals surface area (Å²) in [6, 6.07) is 28.5. The predicted octanol–water partition coefficient (Wildman–Crippen LogP) is 6.32. The van der Waals surface area contributed by atoms with Gasteiger partial charge in [-0.1, -0.05) is 59.9 Å². The van der Waals surface area contributed by atoms with E-state index < -0.39 is 17.1 Å². The maximum Gasteiger partial charge on any atom is 0.272 e. The summed E-state index contributed by atoms with van der Waals surface area (Å²) in [4.78, 5) is 40.0. The van der Waals surface area contributed by atoms with Gasteiger partial charge in [0.05, 0.1) is 6.26 Å². The molecule has 2 aromatic heterocycles. The van der Waals surface area contributed by atoms with Crippen molar-refractivity contribution in [3.8, 4) is 0 Å². The maximum atomic E-state index is 13.2. The van der Waals surface area contributed by atoms with Gasteiger partial charge in [0.25, 0.3) is 11.8 Å². The molecule has 3 N–H and O–H groups in total. The number of aromatic nitrogens is 2. The van der Waals surface area contributed by atoms with Gasteiger partial charge in [0.2, 0.25) is 11.0 Å². The topological polar surface area (TPSA) is 126 Å². The van der Waals surface area contributed by atoms with Gasteiger partial charge in [-0.05, 0) is 61.0 Å². The number of furan rings is 1. The van der Waals surface area contributed by atoms with Crippen LogP contribution in [0.1, 0.15) is 31.9 Å². The third-order valence-electron chi connectivity index (χ3n) is 5.82. The minimum atomic E-state index is -0.549. The summed E-state index contributed by atoms with van der Waals surface area (Å²) in [5.74, 6) is -0.759. The lowest BCUT2D eigenvalue weighted by Gasteiger charge is -2.16. The predicted molar refractivity (Wildman–Crippen MR) is 164 cm³/mol. The number of anilines is 2. The number of benzene rings is 3. The number of thioether (sulfide) groups is 1. The molecule has 2 heterocycles. The molecule has 11 heteroatoms. The van der Waals surface area contributed by atoms with Crippen LogP contribution < -0.4 is 16.0 Å². The summed E-state index contributed by atoms with van der Waals surface area (Å²) >= 11 is 2.68. The molecule has 0 spiro atoms. The van der Waals surface area contributed by atoms with Gasteiger partial charge in [-0.25, -0.2) is 0 Å². The van der Waals surface area contributed by atoms with Crippen LogP contribution in [0.2, 0.25) is 0 Å². The molecule has 1 atom stereocenters. The molecule has 0 aliphatic rings. The third-order valence-corrected chi connectivity index (χ3v) is 7.84. The highest BCUT2D eigenvalue weighted by atomic mass is 32.2. The molecule has 0 bridgehead atoms. The van der Waals surface area contributed by atoms with E-state index in [0.717, 1.165) is 15.5 Å². The standard InChI is InChI=1S/C31H25N5O4S2/c1-20-35-36-31(41-20)34-30(39)27(21-9-4-2-5-10-21)42-25-16-14-23(15-17-25)32-29(38)26(19-24-13-8-18-40-24)33-28(37)22-11-6-3-7-12-22/h2-19,27H,1H3,(H,32,38)(H,33,37)(H,34,36,39)/b26-19-. The average molecular weight is 596 g/mol. The van der Waals surface area contributed by atoms with Crippen molar-refractivity contribution in [2.45, 2.75) is 17.1 Å². The number of rotatable bonds is 10. The van der Waals surface area contributed by atoms with Gasteiger partial charge in [-0.2, -0.15) is 0 Å². The van der Waals surface area contributed by atoms with Crippen LogP contribution in [0.5, 0.6) is 0 Å². The molecule has 0 aliphatic carbocycles. The fourth-order valence-corrected chi connectivity index (χ4v) is 5.45. The smallest absolute Gasteiger partial charge is 0.272 e. The number of carbonyl (C=O) groups excluding carboxylic acids is 3. The first kappa shape index (κ1) is 28.5. The quantitative estimate of drug-likeness (QED) is 0.127. The second-order valence-electron chi connectivity index (χ2n) is 8.90. The highest BCUT2D eigenvalue weighted by Crippen LogP contribution is 2.37. The van der Waals surface area contributed by atoms with E-state index >= 15 is 0 Å². The van der Waals surface area contributed by atoms with Crippen molar-refractivity contribution in [2.24, 2.45) is 0 Å². The van der Waals surface area contributed by atoms with E-state index in [1.165, 1.54) is 35.4 Å². The summed E-state index contributed by atoms with van der Waals surface area (Å²) in [6.45, 7) is 1.82. The molecular formula is C31H25N5O4S2. The van der Waals surface area contributed by atoms with Crippen molar-refractivity contribution >= 4 is 57.7 Å². The van der Waals surface area contributed by atoms with Crippen molar-refractivity contribution in [1.82, 2.24) is 15.5 Å². The summed E-state index contributed by atoms with van der Waals surface area (Å²) < 4.78 is 5.35. The molecule has 42 heavy (non-hydrogen) atoms. The Morgan fingerprint density at radius 3 is 2.21 bits per heavy atom. The lowest BCUT2D eigenvalue weighted by Crippen LogP contribution is -2.30. The maximum absolute atomic E-state index is 13.2. The molecule has 0 saturated carbocycles. The zero-order chi connectivity index (χ0) is 29.3. The zero-order valence-electron chi connectivity index (χ0n) is 22.3. The summed E-state index contributed by atoms with van der Waals surface area (Å²) in [5.41, 5.74) is 1.77. The molecule has 210 valence electrons. The van der Waals surface area contributed by atoms with Crippen molar-refractivity contribution in [3.63, 3.8) is 0 Å². The Balaban J connectivity index is 1.30. The van der Waals surface area contributed by atoms with Gasteiger partial charge in [-0.15, -0.1) is 22.0 Å². The minimum Gasteiger partial charge on any atom is -0.465 e. The molecule has 0 radical (unpaired) electrons. The van der Waals surface area contributed by atoms with E-state index in [1.807, 2.05) is 49.4 Å². The molecule has 3 amide bonds. The molecule has 0 saturated heterocycles. The third kappa shape index (κ3) is 7.59. The van der Waals surface area contributed by atoms with Crippen molar-refractivity contribution in [3.05, 3.63) is 131 Å². The van der Waals surface area contributed by atoms with Crippen LogP contribution in [0.4, 0.5) is 10.8 Å². The van der Waals surface area contributed by atoms with Gasteiger partial charge < -0.3 is 15.1 Å². The Bertz CT molecular complexity index is 1690. The van der Waals surface area contributed by atoms with Crippen LogP contribution in [0.15, 0.2) is 118 Å². The van der Waals surface area contributed by atoms with Gasteiger partial charge in [0.15, 0.2) is 0 Å². The number of nitrogens with one attached hydrogen (secondary N) is 3. The van der Waals surface area contributed by atoms with Crippen LogP contribution >= 0.6 is 23.1 Å².